The van der Waals surface area contributed by atoms with Crippen LogP contribution in [0.3, 0.4) is 0 Å². The summed E-state index contributed by atoms with van der Waals surface area (Å²) < 4.78 is 14.0. The minimum Gasteiger partial charge on any atom is -0.348 e. The highest BCUT2D eigenvalue weighted by Crippen LogP contribution is 2.46. The monoisotopic (exact) mass is 422 g/mol. The Labute approximate surface area is 113 Å². The van der Waals surface area contributed by atoms with Crippen LogP contribution in [0.4, 0.5) is 0 Å². The first-order valence-corrected chi connectivity index (χ1v) is 8.19. The van der Waals surface area contributed by atoms with Crippen molar-refractivity contribution >= 4 is 45.2 Å². The van der Waals surface area contributed by atoms with E-state index in [9.17, 15) is 0 Å². The van der Waals surface area contributed by atoms with Gasteiger partial charge in [-0.15, -0.1) is 0 Å². The van der Waals surface area contributed by atoms with Crippen molar-refractivity contribution < 1.29 is 9.47 Å². The van der Waals surface area contributed by atoms with E-state index in [2.05, 4.69) is 45.2 Å². The Hall–Kier alpha value is 1.38. The fourth-order valence-electron chi connectivity index (χ4n) is 2.25. The van der Waals surface area contributed by atoms with Gasteiger partial charge in [-0.2, -0.15) is 0 Å². The van der Waals surface area contributed by atoms with Crippen LogP contribution in [0.5, 0.6) is 0 Å². The third-order valence-electron chi connectivity index (χ3n) is 3.45. The number of hydrogen-bond acceptors (Lipinski definition) is 2. The van der Waals surface area contributed by atoms with Gasteiger partial charge in [-0.25, -0.2) is 0 Å². The lowest BCUT2D eigenvalue weighted by Crippen LogP contribution is -2.41. The molecule has 2 rings (SSSR count). The quantitative estimate of drug-likeness (QED) is 0.503. The molecule has 0 unspecified atom stereocenters. The zero-order valence-corrected chi connectivity index (χ0v) is 12.5. The van der Waals surface area contributed by atoms with Crippen molar-refractivity contribution in [2.45, 2.75) is 31.5 Å². The molecule has 1 saturated carbocycles. The Kier molecular flexibility index (Phi) is 3.99. The third-order valence-corrected chi connectivity index (χ3v) is 6.69. The fourth-order valence-corrected chi connectivity index (χ4v) is 5.35. The molecule has 4 heteroatoms. The summed E-state index contributed by atoms with van der Waals surface area (Å²) >= 11 is 5.05. The lowest BCUT2D eigenvalue weighted by atomic mass is 9.75. The molecule has 1 heterocycles. The largest absolute Gasteiger partial charge is 0.348 e. The summed E-state index contributed by atoms with van der Waals surface area (Å²) in [5.41, 5.74) is 0.557. The molecule has 0 aromatic carbocycles. The van der Waals surface area contributed by atoms with Crippen LogP contribution in [0.25, 0.3) is 0 Å². The molecular weight excluding hydrogens is 406 g/mol. The highest BCUT2D eigenvalue weighted by molar-refractivity contribution is 14.1. The second-order valence-electron chi connectivity index (χ2n) is 4.37. The topological polar surface area (TPSA) is 18.5 Å². The van der Waals surface area contributed by atoms with E-state index in [1.165, 1.54) is 21.7 Å². The van der Waals surface area contributed by atoms with Gasteiger partial charge in [0.15, 0.2) is 5.79 Å². The fraction of sp³-hybridized carbons (Fsp3) is 1.00. The van der Waals surface area contributed by atoms with E-state index in [0.717, 1.165) is 26.1 Å². The van der Waals surface area contributed by atoms with Crippen molar-refractivity contribution in [3.63, 3.8) is 0 Å². The molecule has 1 spiro atoms. The van der Waals surface area contributed by atoms with E-state index in [1.807, 2.05) is 0 Å². The maximum Gasteiger partial charge on any atom is 0.168 e. The van der Waals surface area contributed by atoms with Crippen LogP contribution < -0.4 is 0 Å². The summed E-state index contributed by atoms with van der Waals surface area (Å²) in [7, 11) is 0. The first-order valence-electron chi connectivity index (χ1n) is 5.14. The van der Waals surface area contributed by atoms with Crippen LogP contribution >= 0.6 is 45.2 Å². The van der Waals surface area contributed by atoms with E-state index in [4.69, 9.17) is 9.47 Å². The van der Waals surface area contributed by atoms with Gasteiger partial charge in [0.1, 0.15) is 0 Å². The smallest absolute Gasteiger partial charge is 0.168 e. The number of halogens is 2. The van der Waals surface area contributed by atoms with Gasteiger partial charge in [-0.3, -0.25) is 0 Å². The highest BCUT2D eigenvalue weighted by atomic mass is 127. The SMILES string of the molecule is ICC1(CI)CCC2(CC1)OCCO2. The Morgan fingerprint density at radius 1 is 0.857 bits per heavy atom. The van der Waals surface area contributed by atoms with E-state index in [-0.39, 0.29) is 5.79 Å². The molecule has 0 radical (unpaired) electrons. The lowest BCUT2D eigenvalue weighted by molar-refractivity contribution is -0.187. The lowest BCUT2D eigenvalue weighted by Gasteiger charge is -2.42. The average Bonchev–Trinajstić information content (AvgIpc) is 2.69. The Balaban J connectivity index is 1.96. The minimum atomic E-state index is -0.179. The molecule has 0 aromatic heterocycles. The molecule has 0 amide bonds. The van der Waals surface area contributed by atoms with Crippen LogP contribution in [0.1, 0.15) is 25.7 Å². The predicted molar refractivity (Wildman–Crippen MR) is 73.3 cm³/mol. The van der Waals surface area contributed by atoms with Crippen LogP contribution in [0, 0.1) is 5.41 Å². The number of alkyl halides is 2. The first-order chi connectivity index (χ1) is 6.74. The summed E-state index contributed by atoms with van der Waals surface area (Å²) in [5.74, 6) is -0.179. The zero-order chi connectivity index (χ0) is 10.1. The van der Waals surface area contributed by atoms with Crippen molar-refractivity contribution in [3.05, 3.63) is 0 Å². The number of hydrogen-bond donors (Lipinski definition) is 0. The van der Waals surface area contributed by atoms with Gasteiger partial charge in [0.2, 0.25) is 0 Å². The second-order valence-corrected chi connectivity index (χ2v) is 5.90. The van der Waals surface area contributed by atoms with Gasteiger partial charge in [0.25, 0.3) is 0 Å². The third kappa shape index (κ3) is 2.22. The molecule has 0 N–H and O–H groups in total. The Bertz CT molecular complexity index is 180. The molecule has 2 aliphatic rings. The molecule has 1 aliphatic heterocycles. The summed E-state index contributed by atoms with van der Waals surface area (Å²) in [6.45, 7) is 1.59. The summed E-state index contributed by atoms with van der Waals surface area (Å²) in [6, 6.07) is 0. The van der Waals surface area contributed by atoms with Gasteiger partial charge >= 0.3 is 0 Å². The van der Waals surface area contributed by atoms with E-state index in [1.54, 1.807) is 0 Å². The summed E-state index contributed by atoms with van der Waals surface area (Å²) in [4.78, 5) is 0. The molecule has 14 heavy (non-hydrogen) atoms. The number of ether oxygens (including phenoxy) is 2. The van der Waals surface area contributed by atoms with Gasteiger partial charge < -0.3 is 9.47 Å². The molecule has 1 saturated heterocycles. The van der Waals surface area contributed by atoms with Crippen LogP contribution in [0.2, 0.25) is 0 Å². The van der Waals surface area contributed by atoms with Crippen molar-refractivity contribution in [2.75, 3.05) is 22.1 Å². The van der Waals surface area contributed by atoms with Gasteiger partial charge in [0.05, 0.1) is 13.2 Å². The molecule has 82 valence electrons. The maximum absolute atomic E-state index is 5.74. The molecule has 2 fully saturated rings. The molecule has 0 atom stereocenters. The molecular formula is C10H16I2O2. The van der Waals surface area contributed by atoms with Crippen molar-refractivity contribution in [1.29, 1.82) is 0 Å². The van der Waals surface area contributed by atoms with Gasteiger partial charge in [0, 0.05) is 21.7 Å². The molecule has 2 nitrogen and oxygen atoms in total. The van der Waals surface area contributed by atoms with Gasteiger partial charge in [-0.05, 0) is 18.3 Å². The summed E-state index contributed by atoms with van der Waals surface area (Å²) in [6.07, 6.45) is 4.72. The standard InChI is InChI=1S/C10H16I2O2/c11-7-9(8-12)1-3-10(4-2-9)13-5-6-14-10/h1-8H2. The maximum atomic E-state index is 5.74. The van der Waals surface area contributed by atoms with E-state index < -0.39 is 0 Å². The number of rotatable bonds is 2. The first kappa shape index (κ1) is 11.9. The van der Waals surface area contributed by atoms with Crippen molar-refractivity contribution in [1.82, 2.24) is 0 Å². The van der Waals surface area contributed by atoms with Crippen molar-refractivity contribution in [3.8, 4) is 0 Å². The van der Waals surface area contributed by atoms with Crippen LogP contribution in [-0.4, -0.2) is 27.9 Å². The average molecular weight is 422 g/mol. The Morgan fingerprint density at radius 3 is 1.79 bits per heavy atom. The zero-order valence-electron chi connectivity index (χ0n) is 8.23. The second kappa shape index (κ2) is 4.71. The predicted octanol–water partition coefficient (Wildman–Crippen LogP) is 3.16. The van der Waals surface area contributed by atoms with Crippen molar-refractivity contribution in [2.24, 2.45) is 5.41 Å². The van der Waals surface area contributed by atoms with Gasteiger partial charge in [-0.1, -0.05) is 45.2 Å². The normalized spacial score (nSPS) is 29.6. The molecule has 1 aliphatic carbocycles. The van der Waals surface area contributed by atoms with E-state index >= 15 is 0 Å². The van der Waals surface area contributed by atoms with E-state index in [0.29, 0.717) is 5.41 Å². The minimum absolute atomic E-state index is 0.179. The highest BCUT2D eigenvalue weighted by Gasteiger charge is 2.45. The summed E-state index contributed by atoms with van der Waals surface area (Å²) in [5, 5.41) is 0. The van der Waals surface area contributed by atoms with Crippen LogP contribution in [-0.2, 0) is 9.47 Å². The molecule has 0 bridgehead atoms. The molecule has 0 aromatic rings. The van der Waals surface area contributed by atoms with Crippen LogP contribution in [0.15, 0.2) is 0 Å². The Morgan fingerprint density at radius 2 is 1.36 bits per heavy atom.